The predicted molar refractivity (Wildman–Crippen MR) is 87.0 cm³/mol. The Labute approximate surface area is 133 Å². The molecular formula is C17H30N2O3. The normalized spacial score (nSPS) is 12.4. The van der Waals surface area contributed by atoms with Crippen LogP contribution >= 0.6 is 0 Å². The molecule has 1 rings (SSSR count). The highest BCUT2D eigenvalue weighted by Gasteiger charge is 2.17. The summed E-state index contributed by atoms with van der Waals surface area (Å²) in [5.41, 5.74) is 0. The molecule has 1 aromatic heterocycles. The van der Waals surface area contributed by atoms with E-state index in [1.54, 1.807) is 4.57 Å². The zero-order chi connectivity index (χ0) is 16.2. The van der Waals surface area contributed by atoms with Crippen LogP contribution in [0.5, 0.6) is 5.88 Å². The molecule has 0 aliphatic heterocycles. The van der Waals surface area contributed by atoms with Gasteiger partial charge in [0, 0.05) is 6.04 Å². The smallest absolute Gasteiger partial charge is 0.305 e. The standard InChI is InChI=1S/C17H30N2O3/c1-2-3-4-5-6-7-8-9-10-11-15(12-17(21)22)19-14-18-13-16(19)20/h13-15,20H,2-12H2,1H3,(H,21,22). The summed E-state index contributed by atoms with van der Waals surface area (Å²) in [5.74, 6) is -0.795. The number of unbranched alkanes of at least 4 members (excludes halogenated alkanes) is 8. The van der Waals surface area contributed by atoms with Crippen LogP contribution in [0.3, 0.4) is 0 Å². The summed E-state index contributed by atoms with van der Waals surface area (Å²) in [5, 5.41) is 18.7. The second-order valence-electron chi connectivity index (χ2n) is 6.03. The van der Waals surface area contributed by atoms with Gasteiger partial charge in [0.05, 0.1) is 18.9 Å². The van der Waals surface area contributed by atoms with Gasteiger partial charge < -0.3 is 10.2 Å². The molecule has 1 atom stereocenters. The first-order valence-electron chi connectivity index (χ1n) is 8.57. The van der Waals surface area contributed by atoms with E-state index in [1.165, 1.54) is 57.5 Å². The second-order valence-corrected chi connectivity index (χ2v) is 6.03. The number of imidazole rings is 1. The minimum Gasteiger partial charge on any atom is -0.493 e. The van der Waals surface area contributed by atoms with Crippen LogP contribution in [0.15, 0.2) is 12.5 Å². The minimum absolute atomic E-state index is 0.0287. The molecular weight excluding hydrogens is 280 g/mol. The Hall–Kier alpha value is -1.52. The molecule has 0 aliphatic carbocycles. The number of hydrogen-bond donors (Lipinski definition) is 2. The van der Waals surface area contributed by atoms with Crippen LogP contribution in [0.4, 0.5) is 0 Å². The van der Waals surface area contributed by atoms with E-state index in [-0.39, 0.29) is 18.3 Å². The summed E-state index contributed by atoms with van der Waals surface area (Å²) >= 11 is 0. The Morgan fingerprint density at radius 2 is 1.73 bits per heavy atom. The molecule has 0 aromatic carbocycles. The van der Waals surface area contributed by atoms with E-state index < -0.39 is 5.97 Å². The van der Waals surface area contributed by atoms with Gasteiger partial charge in [0.1, 0.15) is 0 Å². The molecule has 0 radical (unpaired) electrons. The highest BCUT2D eigenvalue weighted by atomic mass is 16.4. The van der Waals surface area contributed by atoms with Crippen LogP contribution < -0.4 is 0 Å². The van der Waals surface area contributed by atoms with Gasteiger partial charge in [-0.1, -0.05) is 64.7 Å². The molecule has 1 unspecified atom stereocenters. The van der Waals surface area contributed by atoms with Crippen LogP contribution in [-0.4, -0.2) is 25.7 Å². The first-order chi connectivity index (χ1) is 10.6. The Bertz CT molecular complexity index is 418. The molecule has 1 aromatic rings. The number of nitrogens with zero attached hydrogens (tertiary/aromatic N) is 2. The van der Waals surface area contributed by atoms with Crippen molar-refractivity contribution in [3.63, 3.8) is 0 Å². The maximum Gasteiger partial charge on any atom is 0.305 e. The van der Waals surface area contributed by atoms with Gasteiger partial charge in [-0.05, 0) is 6.42 Å². The SMILES string of the molecule is CCCCCCCCCCCC(CC(=O)O)n1cncc1O. The Kier molecular flexibility index (Phi) is 9.35. The van der Waals surface area contributed by atoms with Crippen molar-refractivity contribution in [3.8, 4) is 5.88 Å². The summed E-state index contributed by atoms with van der Waals surface area (Å²) in [6.07, 6.45) is 14.9. The molecule has 0 spiro atoms. The summed E-state index contributed by atoms with van der Waals surface area (Å²) in [4.78, 5) is 14.8. The van der Waals surface area contributed by atoms with Crippen LogP contribution in [0.2, 0.25) is 0 Å². The molecule has 1 heterocycles. The third kappa shape index (κ3) is 7.48. The van der Waals surface area contributed by atoms with Crippen molar-refractivity contribution < 1.29 is 15.0 Å². The lowest BCUT2D eigenvalue weighted by molar-refractivity contribution is -0.138. The van der Waals surface area contributed by atoms with E-state index in [1.807, 2.05) is 0 Å². The van der Waals surface area contributed by atoms with Gasteiger partial charge in [-0.15, -0.1) is 0 Å². The van der Waals surface area contributed by atoms with E-state index in [9.17, 15) is 9.90 Å². The largest absolute Gasteiger partial charge is 0.493 e. The first kappa shape index (κ1) is 18.5. The summed E-state index contributed by atoms with van der Waals surface area (Å²) in [6.45, 7) is 2.23. The number of rotatable bonds is 13. The number of aromatic hydroxyl groups is 1. The number of aromatic nitrogens is 2. The van der Waals surface area contributed by atoms with Crippen molar-refractivity contribution in [1.29, 1.82) is 0 Å². The minimum atomic E-state index is -0.839. The van der Waals surface area contributed by atoms with Crippen molar-refractivity contribution >= 4 is 5.97 Å². The molecule has 0 amide bonds. The quantitative estimate of drug-likeness (QED) is 0.525. The van der Waals surface area contributed by atoms with Gasteiger partial charge in [0.15, 0.2) is 0 Å². The van der Waals surface area contributed by atoms with Gasteiger partial charge in [0.2, 0.25) is 5.88 Å². The third-order valence-electron chi connectivity index (χ3n) is 4.09. The Morgan fingerprint density at radius 1 is 1.14 bits per heavy atom. The van der Waals surface area contributed by atoms with Crippen molar-refractivity contribution in [2.24, 2.45) is 0 Å². The van der Waals surface area contributed by atoms with E-state index in [2.05, 4.69) is 11.9 Å². The highest BCUT2D eigenvalue weighted by molar-refractivity contribution is 5.67. The van der Waals surface area contributed by atoms with E-state index in [4.69, 9.17) is 5.11 Å². The Morgan fingerprint density at radius 3 is 2.23 bits per heavy atom. The fraction of sp³-hybridized carbons (Fsp3) is 0.765. The topological polar surface area (TPSA) is 75.3 Å². The van der Waals surface area contributed by atoms with Gasteiger partial charge in [-0.25, -0.2) is 4.98 Å². The van der Waals surface area contributed by atoms with Gasteiger partial charge in [-0.2, -0.15) is 0 Å². The fourth-order valence-electron chi connectivity index (χ4n) is 2.81. The first-order valence-corrected chi connectivity index (χ1v) is 8.57. The lowest BCUT2D eigenvalue weighted by Crippen LogP contribution is -2.13. The molecule has 126 valence electrons. The molecule has 2 N–H and O–H groups in total. The lowest BCUT2D eigenvalue weighted by Gasteiger charge is -2.17. The van der Waals surface area contributed by atoms with Crippen molar-refractivity contribution in [2.75, 3.05) is 0 Å². The lowest BCUT2D eigenvalue weighted by atomic mass is 10.0. The number of hydrogen-bond acceptors (Lipinski definition) is 3. The third-order valence-corrected chi connectivity index (χ3v) is 4.09. The number of carboxylic acid groups (broad SMARTS) is 1. The predicted octanol–water partition coefficient (Wildman–Crippen LogP) is 4.53. The number of carbonyl (C=O) groups is 1. The van der Waals surface area contributed by atoms with Gasteiger partial charge in [0.25, 0.3) is 0 Å². The molecule has 0 aliphatic rings. The van der Waals surface area contributed by atoms with Crippen molar-refractivity contribution in [1.82, 2.24) is 9.55 Å². The molecule has 22 heavy (non-hydrogen) atoms. The molecule has 0 saturated carbocycles. The molecule has 5 nitrogen and oxygen atoms in total. The van der Waals surface area contributed by atoms with E-state index in [0.29, 0.717) is 0 Å². The maximum atomic E-state index is 11.0. The average molecular weight is 310 g/mol. The zero-order valence-electron chi connectivity index (χ0n) is 13.7. The molecule has 5 heteroatoms. The van der Waals surface area contributed by atoms with Crippen molar-refractivity contribution in [3.05, 3.63) is 12.5 Å². The van der Waals surface area contributed by atoms with Crippen LogP contribution in [0.1, 0.15) is 83.6 Å². The number of carboxylic acids is 1. The van der Waals surface area contributed by atoms with Crippen molar-refractivity contribution in [2.45, 2.75) is 83.6 Å². The molecule has 0 fully saturated rings. The average Bonchev–Trinajstić information content (AvgIpc) is 2.90. The van der Waals surface area contributed by atoms with Gasteiger partial charge >= 0.3 is 5.97 Å². The van der Waals surface area contributed by atoms with Crippen LogP contribution in [0.25, 0.3) is 0 Å². The zero-order valence-corrected chi connectivity index (χ0v) is 13.7. The second kappa shape index (κ2) is 11.1. The maximum absolute atomic E-state index is 11.0. The molecule has 0 saturated heterocycles. The fourth-order valence-corrected chi connectivity index (χ4v) is 2.81. The van der Waals surface area contributed by atoms with Crippen LogP contribution in [-0.2, 0) is 4.79 Å². The highest BCUT2D eigenvalue weighted by Crippen LogP contribution is 2.25. The van der Waals surface area contributed by atoms with E-state index >= 15 is 0 Å². The Balaban J connectivity index is 2.19. The summed E-state index contributed by atoms with van der Waals surface area (Å²) in [6, 6.07) is -0.204. The van der Waals surface area contributed by atoms with E-state index in [0.717, 1.165) is 19.3 Å². The van der Waals surface area contributed by atoms with Gasteiger partial charge in [-0.3, -0.25) is 9.36 Å². The summed E-state index contributed by atoms with van der Waals surface area (Å²) < 4.78 is 1.57. The van der Waals surface area contributed by atoms with Crippen LogP contribution in [0, 0.1) is 0 Å². The number of aliphatic carboxylic acids is 1. The monoisotopic (exact) mass is 310 g/mol. The molecule has 0 bridgehead atoms. The summed E-state index contributed by atoms with van der Waals surface area (Å²) in [7, 11) is 0.